The molecule has 168 valence electrons. The van der Waals surface area contributed by atoms with Gasteiger partial charge in [0.1, 0.15) is 6.54 Å². The second-order valence-electron chi connectivity index (χ2n) is 8.76. The number of aromatic nitrogens is 1. The molecule has 1 saturated heterocycles. The van der Waals surface area contributed by atoms with Crippen LogP contribution in [0.1, 0.15) is 60.3 Å². The molecule has 1 aromatic heterocycles. The summed E-state index contributed by atoms with van der Waals surface area (Å²) in [7, 11) is 0. The van der Waals surface area contributed by atoms with Crippen molar-refractivity contribution in [3.05, 3.63) is 23.0 Å². The monoisotopic (exact) mass is 427 g/mol. The van der Waals surface area contributed by atoms with Gasteiger partial charge in [-0.1, -0.05) is 25.7 Å². The fourth-order valence-corrected chi connectivity index (χ4v) is 4.73. The second kappa shape index (κ2) is 9.54. The number of carbonyl (C=O) groups excluding carboxylic acids is 2. The smallest absolute Gasteiger partial charge is 0.340 e. The Balaban J connectivity index is 1.48. The number of hydrogen-bond donors (Lipinski definition) is 0. The van der Waals surface area contributed by atoms with E-state index in [9.17, 15) is 22.8 Å². The summed E-state index contributed by atoms with van der Waals surface area (Å²) in [5.41, 5.74) is 1.15. The molecule has 2 aliphatic rings. The number of ketones is 1. The first-order valence-corrected chi connectivity index (χ1v) is 10.9. The number of nitrogens with zero attached hydrogens (tertiary/aromatic N) is 3. The van der Waals surface area contributed by atoms with Crippen molar-refractivity contribution >= 4 is 11.7 Å². The molecule has 0 atom stereocenters. The minimum atomic E-state index is -4.32. The Morgan fingerprint density at radius 1 is 1.07 bits per heavy atom. The first kappa shape index (κ1) is 22.8. The van der Waals surface area contributed by atoms with Crippen LogP contribution in [-0.4, -0.2) is 65.0 Å². The average Bonchev–Trinajstić information content (AvgIpc) is 3.29. The number of Topliss-reactive ketones (excluding diaryl/α,β-unsaturated/α-hetero) is 1. The fraction of sp³-hybridized carbons (Fsp3) is 0.727. The summed E-state index contributed by atoms with van der Waals surface area (Å²) in [6, 6.07) is 1.55. The normalized spacial score (nSPS) is 18.9. The Labute approximate surface area is 176 Å². The van der Waals surface area contributed by atoms with Gasteiger partial charge in [0.15, 0.2) is 5.78 Å². The summed E-state index contributed by atoms with van der Waals surface area (Å²) in [4.78, 5) is 29.0. The van der Waals surface area contributed by atoms with Crippen LogP contribution >= 0.6 is 0 Å². The third-order valence-electron chi connectivity index (χ3n) is 6.54. The first-order chi connectivity index (χ1) is 14.1. The van der Waals surface area contributed by atoms with Gasteiger partial charge in [-0.05, 0) is 32.3 Å². The lowest BCUT2D eigenvalue weighted by Gasteiger charge is -2.34. The lowest BCUT2D eigenvalue weighted by atomic mass is 10.0. The van der Waals surface area contributed by atoms with Crippen molar-refractivity contribution in [1.29, 1.82) is 0 Å². The van der Waals surface area contributed by atoms with Crippen LogP contribution in [0.2, 0.25) is 0 Å². The molecule has 0 aromatic carbocycles. The molecule has 3 rings (SSSR count). The van der Waals surface area contributed by atoms with Crippen LogP contribution in [0.3, 0.4) is 0 Å². The molecule has 1 amide bonds. The predicted molar refractivity (Wildman–Crippen MR) is 109 cm³/mol. The van der Waals surface area contributed by atoms with Crippen molar-refractivity contribution < 1.29 is 22.8 Å². The number of carbonyl (C=O) groups is 2. The molecule has 2 heterocycles. The minimum Gasteiger partial charge on any atom is -0.340 e. The largest absolute Gasteiger partial charge is 0.406 e. The summed E-state index contributed by atoms with van der Waals surface area (Å²) in [6.45, 7) is 4.66. The molecule has 0 unspecified atom stereocenters. The Morgan fingerprint density at radius 2 is 1.70 bits per heavy atom. The molecule has 0 spiro atoms. The number of halogens is 3. The summed E-state index contributed by atoms with van der Waals surface area (Å²) < 4.78 is 39.5. The number of alkyl halides is 3. The third-order valence-corrected chi connectivity index (χ3v) is 6.54. The zero-order valence-corrected chi connectivity index (χ0v) is 17.9. The van der Waals surface area contributed by atoms with Gasteiger partial charge >= 0.3 is 6.18 Å². The number of amides is 1. The molecule has 0 bridgehead atoms. The van der Waals surface area contributed by atoms with Crippen molar-refractivity contribution in [3.8, 4) is 0 Å². The van der Waals surface area contributed by atoms with Crippen LogP contribution in [0.5, 0.6) is 0 Å². The standard InChI is InChI=1S/C22H32F3N3O2/c1-16-13-19(17(2)28(16)15-22(23,24)25)20(29)14-26-9-11-27(12-10-26)21(30)8-7-18-5-3-4-6-18/h13,18H,3-12,14-15H2,1-2H3. The van der Waals surface area contributed by atoms with E-state index in [-0.39, 0.29) is 18.2 Å². The van der Waals surface area contributed by atoms with Crippen LogP contribution < -0.4 is 0 Å². The Hall–Kier alpha value is -1.83. The Morgan fingerprint density at radius 3 is 2.30 bits per heavy atom. The molecule has 1 aliphatic carbocycles. The van der Waals surface area contributed by atoms with E-state index in [2.05, 4.69) is 0 Å². The maximum absolute atomic E-state index is 12.8. The highest BCUT2D eigenvalue weighted by Gasteiger charge is 2.31. The van der Waals surface area contributed by atoms with Crippen LogP contribution in [-0.2, 0) is 11.3 Å². The van der Waals surface area contributed by atoms with Crippen molar-refractivity contribution in [1.82, 2.24) is 14.4 Å². The quantitative estimate of drug-likeness (QED) is 0.619. The number of aryl methyl sites for hydroxylation is 1. The minimum absolute atomic E-state index is 0.167. The molecular weight excluding hydrogens is 395 g/mol. The highest BCUT2D eigenvalue weighted by molar-refractivity contribution is 5.99. The van der Waals surface area contributed by atoms with E-state index < -0.39 is 12.7 Å². The average molecular weight is 428 g/mol. The van der Waals surface area contributed by atoms with E-state index in [0.717, 1.165) is 11.0 Å². The summed E-state index contributed by atoms with van der Waals surface area (Å²) >= 11 is 0. The van der Waals surface area contributed by atoms with Gasteiger partial charge < -0.3 is 9.47 Å². The van der Waals surface area contributed by atoms with E-state index >= 15 is 0 Å². The van der Waals surface area contributed by atoms with Gasteiger partial charge in [0, 0.05) is 49.6 Å². The molecule has 2 fully saturated rings. The molecule has 0 N–H and O–H groups in total. The van der Waals surface area contributed by atoms with E-state index in [1.54, 1.807) is 19.9 Å². The topological polar surface area (TPSA) is 45.6 Å². The predicted octanol–water partition coefficient (Wildman–Crippen LogP) is 3.96. The maximum Gasteiger partial charge on any atom is 0.406 e. The van der Waals surface area contributed by atoms with Crippen LogP contribution in [0.15, 0.2) is 6.07 Å². The Bertz CT molecular complexity index is 758. The van der Waals surface area contributed by atoms with Gasteiger partial charge in [-0.2, -0.15) is 13.2 Å². The lowest BCUT2D eigenvalue weighted by Crippen LogP contribution is -2.49. The van der Waals surface area contributed by atoms with Crippen molar-refractivity contribution in [2.45, 2.75) is 65.1 Å². The highest BCUT2D eigenvalue weighted by Crippen LogP contribution is 2.29. The summed E-state index contributed by atoms with van der Waals surface area (Å²) in [5.74, 6) is 0.727. The highest BCUT2D eigenvalue weighted by atomic mass is 19.4. The Kier molecular flexibility index (Phi) is 7.26. The summed E-state index contributed by atoms with van der Waals surface area (Å²) in [6.07, 6.45) is 2.31. The van der Waals surface area contributed by atoms with E-state index in [0.29, 0.717) is 55.5 Å². The van der Waals surface area contributed by atoms with E-state index in [1.807, 2.05) is 9.80 Å². The van der Waals surface area contributed by atoms with Gasteiger partial charge in [0.05, 0.1) is 6.54 Å². The summed E-state index contributed by atoms with van der Waals surface area (Å²) in [5, 5.41) is 0. The van der Waals surface area contributed by atoms with Crippen molar-refractivity contribution in [2.75, 3.05) is 32.7 Å². The molecular formula is C22H32F3N3O2. The molecule has 1 aromatic rings. The lowest BCUT2D eigenvalue weighted by molar-refractivity contribution is -0.141. The van der Waals surface area contributed by atoms with Gasteiger partial charge in [0.2, 0.25) is 5.91 Å². The van der Waals surface area contributed by atoms with Crippen LogP contribution in [0.25, 0.3) is 0 Å². The SMILES string of the molecule is Cc1cc(C(=O)CN2CCN(C(=O)CCC3CCCC3)CC2)c(C)n1CC(F)(F)F. The zero-order chi connectivity index (χ0) is 21.9. The van der Waals surface area contributed by atoms with Crippen molar-refractivity contribution in [3.63, 3.8) is 0 Å². The van der Waals surface area contributed by atoms with Crippen LogP contribution in [0, 0.1) is 19.8 Å². The molecule has 1 saturated carbocycles. The molecule has 8 heteroatoms. The molecule has 30 heavy (non-hydrogen) atoms. The van der Waals surface area contributed by atoms with E-state index in [1.165, 1.54) is 25.7 Å². The number of rotatable bonds is 7. The first-order valence-electron chi connectivity index (χ1n) is 10.9. The van der Waals surface area contributed by atoms with Gasteiger partial charge in [-0.15, -0.1) is 0 Å². The second-order valence-corrected chi connectivity index (χ2v) is 8.76. The number of hydrogen-bond acceptors (Lipinski definition) is 3. The molecule has 0 radical (unpaired) electrons. The zero-order valence-electron chi connectivity index (χ0n) is 17.9. The maximum atomic E-state index is 12.8. The van der Waals surface area contributed by atoms with Gasteiger partial charge in [-0.3, -0.25) is 14.5 Å². The van der Waals surface area contributed by atoms with Crippen molar-refractivity contribution in [2.24, 2.45) is 5.92 Å². The van der Waals surface area contributed by atoms with Gasteiger partial charge in [-0.25, -0.2) is 0 Å². The number of piperazine rings is 1. The fourth-order valence-electron chi connectivity index (χ4n) is 4.73. The third kappa shape index (κ3) is 5.86. The van der Waals surface area contributed by atoms with Gasteiger partial charge in [0.25, 0.3) is 0 Å². The van der Waals surface area contributed by atoms with E-state index in [4.69, 9.17) is 0 Å². The van der Waals surface area contributed by atoms with Crippen LogP contribution in [0.4, 0.5) is 13.2 Å². The molecule has 1 aliphatic heterocycles. The molecule has 5 nitrogen and oxygen atoms in total.